The maximum atomic E-state index is 13.7. The Morgan fingerprint density at radius 3 is 2.16 bits per heavy atom. The Morgan fingerprint density at radius 2 is 1.56 bits per heavy atom. The third kappa shape index (κ3) is 4.40. The molecule has 3 rings (SSSR count). The van der Waals surface area contributed by atoms with Gasteiger partial charge >= 0.3 is 18.3 Å². The summed E-state index contributed by atoms with van der Waals surface area (Å²) in [6.07, 6.45) is -9.04. The molecule has 0 spiro atoms. The third-order valence-corrected chi connectivity index (χ3v) is 5.19. The summed E-state index contributed by atoms with van der Waals surface area (Å²) in [7, 11) is 1.36. The van der Waals surface area contributed by atoms with Gasteiger partial charge in [0, 0.05) is 29.9 Å². The van der Waals surface area contributed by atoms with Crippen molar-refractivity contribution < 1.29 is 35.1 Å². The molecule has 0 aliphatic carbocycles. The van der Waals surface area contributed by atoms with E-state index >= 15 is 0 Å². The summed E-state index contributed by atoms with van der Waals surface area (Å²) in [5.41, 5.74) is -2.59. The Morgan fingerprint density at radius 1 is 0.906 bits per heavy atom. The van der Waals surface area contributed by atoms with Gasteiger partial charge < -0.3 is 4.57 Å². The minimum Gasteiger partial charge on any atom is -0.307 e. The van der Waals surface area contributed by atoms with Gasteiger partial charge in [-0.3, -0.25) is 9.97 Å². The lowest BCUT2D eigenvalue weighted by atomic mass is 10.1. The molecule has 0 fully saturated rings. The van der Waals surface area contributed by atoms with Crippen LogP contribution in [0, 0.1) is 0 Å². The SMILES string of the molecule is CCSc1cc(C(F)(F)F)cnc1-c1nnc(-c2cc(C(F)(F)C(F)(F)F)ccn2)n1C. The molecular weight excluding hydrogens is 470 g/mol. The van der Waals surface area contributed by atoms with Crippen molar-refractivity contribution in [1.29, 1.82) is 0 Å². The molecule has 14 heteroatoms. The minimum atomic E-state index is -5.81. The second-order valence-electron chi connectivity index (χ2n) is 6.41. The zero-order chi connectivity index (χ0) is 23.9. The highest BCUT2D eigenvalue weighted by Gasteiger charge is 2.58. The van der Waals surface area contributed by atoms with Crippen molar-refractivity contribution in [3.8, 4) is 23.0 Å². The maximum absolute atomic E-state index is 13.7. The third-order valence-electron chi connectivity index (χ3n) is 4.27. The number of aromatic nitrogens is 5. The van der Waals surface area contributed by atoms with Gasteiger partial charge in [0.05, 0.1) is 5.56 Å². The molecule has 32 heavy (non-hydrogen) atoms. The van der Waals surface area contributed by atoms with E-state index < -0.39 is 29.4 Å². The van der Waals surface area contributed by atoms with Crippen LogP contribution in [0.1, 0.15) is 18.1 Å². The van der Waals surface area contributed by atoms with Crippen molar-refractivity contribution >= 4 is 11.8 Å². The topological polar surface area (TPSA) is 56.5 Å². The Labute approximate surface area is 179 Å². The number of hydrogen-bond donors (Lipinski definition) is 0. The lowest BCUT2D eigenvalue weighted by Crippen LogP contribution is -2.33. The van der Waals surface area contributed by atoms with Crippen molar-refractivity contribution in [3.05, 3.63) is 41.7 Å². The number of rotatable bonds is 5. The first-order valence-corrected chi connectivity index (χ1v) is 9.77. The highest BCUT2D eigenvalue weighted by Crippen LogP contribution is 2.44. The van der Waals surface area contributed by atoms with Crippen LogP contribution in [0.25, 0.3) is 23.0 Å². The Kier molecular flexibility index (Phi) is 6.19. The van der Waals surface area contributed by atoms with Crippen LogP contribution in [-0.4, -0.2) is 36.7 Å². The molecule has 0 aromatic carbocycles. The fraction of sp³-hybridized carbons (Fsp3) is 0.333. The van der Waals surface area contributed by atoms with E-state index in [0.717, 1.165) is 24.0 Å². The average Bonchev–Trinajstić information content (AvgIpc) is 3.08. The van der Waals surface area contributed by atoms with Gasteiger partial charge in [-0.2, -0.15) is 35.1 Å². The van der Waals surface area contributed by atoms with E-state index in [-0.39, 0.29) is 27.9 Å². The molecule has 0 atom stereocenters. The van der Waals surface area contributed by atoms with Gasteiger partial charge in [0.25, 0.3) is 0 Å². The Bertz CT molecular complexity index is 1120. The van der Waals surface area contributed by atoms with E-state index in [1.54, 1.807) is 6.92 Å². The van der Waals surface area contributed by atoms with E-state index in [9.17, 15) is 35.1 Å². The molecule has 0 unspecified atom stereocenters. The molecule has 3 aromatic heterocycles. The summed E-state index contributed by atoms with van der Waals surface area (Å²) in [4.78, 5) is 7.77. The summed E-state index contributed by atoms with van der Waals surface area (Å²) >= 11 is 1.07. The number of nitrogens with zero attached hydrogens (tertiary/aromatic N) is 5. The largest absolute Gasteiger partial charge is 0.458 e. The molecule has 3 heterocycles. The first-order valence-electron chi connectivity index (χ1n) is 8.78. The highest BCUT2D eigenvalue weighted by atomic mass is 32.2. The number of pyridine rings is 2. The van der Waals surface area contributed by atoms with Crippen LogP contribution in [0.4, 0.5) is 35.1 Å². The van der Waals surface area contributed by atoms with Crippen molar-refractivity contribution in [2.75, 3.05) is 5.75 Å². The van der Waals surface area contributed by atoms with E-state index in [1.165, 1.54) is 11.6 Å². The zero-order valence-corrected chi connectivity index (χ0v) is 17.1. The van der Waals surface area contributed by atoms with Crippen LogP contribution in [-0.2, 0) is 19.1 Å². The average molecular weight is 483 g/mol. The fourth-order valence-corrected chi connectivity index (χ4v) is 3.51. The number of alkyl halides is 8. The van der Waals surface area contributed by atoms with Crippen molar-refractivity contribution in [2.45, 2.75) is 30.1 Å². The monoisotopic (exact) mass is 483 g/mol. The number of hydrogen-bond acceptors (Lipinski definition) is 5. The molecule has 0 saturated heterocycles. The predicted octanol–water partition coefficient (Wildman–Crippen LogP) is 5.72. The molecule has 5 nitrogen and oxygen atoms in total. The van der Waals surface area contributed by atoms with Crippen molar-refractivity contribution in [1.82, 2.24) is 24.7 Å². The zero-order valence-electron chi connectivity index (χ0n) is 16.3. The second kappa shape index (κ2) is 8.30. The van der Waals surface area contributed by atoms with Gasteiger partial charge in [-0.05, 0) is 24.0 Å². The van der Waals surface area contributed by atoms with Crippen LogP contribution in [0.15, 0.2) is 35.5 Å². The number of halogens is 8. The van der Waals surface area contributed by atoms with E-state index in [2.05, 4.69) is 20.2 Å². The van der Waals surface area contributed by atoms with Gasteiger partial charge in [0.2, 0.25) is 0 Å². The summed E-state index contributed by atoms with van der Waals surface area (Å²) in [6.45, 7) is 1.72. The smallest absolute Gasteiger partial charge is 0.307 e. The van der Waals surface area contributed by atoms with Gasteiger partial charge in [0.1, 0.15) is 11.4 Å². The molecule has 0 amide bonds. The molecule has 0 saturated carbocycles. The summed E-state index contributed by atoms with van der Waals surface area (Å²) in [6, 6.07) is 1.96. The standard InChI is InChI=1S/C18H13F8N5S/c1-3-32-12-7-10(17(21,22)23)8-28-13(12)15-30-29-14(31(15)2)11-6-9(4-5-27-11)16(19,20)18(24,25)26/h4-8H,3H2,1-2H3. The molecule has 0 N–H and O–H groups in total. The Balaban J connectivity index is 2.08. The molecular formula is C18H13F8N5S. The van der Waals surface area contributed by atoms with Crippen LogP contribution in [0.3, 0.4) is 0 Å². The second-order valence-corrected chi connectivity index (χ2v) is 7.72. The van der Waals surface area contributed by atoms with Crippen molar-refractivity contribution in [3.63, 3.8) is 0 Å². The van der Waals surface area contributed by atoms with Gasteiger partial charge in [0.15, 0.2) is 11.6 Å². The summed E-state index contributed by atoms with van der Waals surface area (Å²) in [5.74, 6) is -4.89. The van der Waals surface area contributed by atoms with Crippen LogP contribution in [0.5, 0.6) is 0 Å². The van der Waals surface area contributed by atoms with E-state index in [0.29, 0.717) is 24.1 Å². The van der Waals surface area contributed by atoms with Crippen LogP contribution < -0.4 is 0 Å². The minimum absolute atomic E-state index is 0.0144. The molecule has 0 aliphatic rings. The van der Waals surface area contributed by atoms with Gasteiger partial charge in [-0.15, -0.1) is 22.0 Å². The molecule has 172 valence electrons. The first-order chi connectivity index (χ1) is 14.8. The molecule has 3 aromatic rings. The fourth-order valence-electron chi connectivity index (χ4n) is 2.70. The molecule has 0 bridgehead atoms. The van der Waals surface area contributed by atoms with Gasteiger partial charge in [-0.25, -0.2) is 0 Å². The van der Waals surface area contributed by atoms with Crippen LogP contribution in [0.2, 0.25) is 0 Å². The van der Waals surface area contributed by atoms with E-state index in [4.69, 9.17) is 0 Å². The summed E-state index contributed by atoms with van der Waals surface area (Å²) < 4.78 is 106. The lowest BCUT2D eigenvalue weighted by Gasteiger charge is -2.20. The normalized spacial score (nSPS) is 12.9. The Hall–Kier alpha value is -2.77. The predicted molar refractivity (Wildman–Crippen MR) is 98.8 cm³/mol. The molecule has 0 aliphatic heterocycles. The lowest BCUT2D eigenvalue weighted by molar-refractivity contribution is -0.289. The van der Waals surface area contributed by atoms with Crippen molar-refractivity contribution in [2.24, 2.45) is 7.05 Å². The van der Waals surface area contributed by atoms with E-state index in [1.807, 2.05) is 0 Å². The number of thioether (sulfide) groups is 1. The first kappa shape index (κ1) is 23.9. The summed E-state index contributed by atoms with van der Waals surface area (Å²) in [5, 5.41) is 7.62. The molecule has 0 radical (unpaired) electrons. The van der Waals surface area contributed by atoms with Crippen LogP contribution >= 0.6 is 11.8 Å². The van der Waals surface area contributed by atoms with Gasteiger partial charge in [-0.1, -0.05) is 6.92 Å². The quantitative estimate of drug-likeness (QED) is 0.343. The highest BCUT2D eigenvalue weighted by molar-refractivity contribution is 7.99. The maximum Gasteiger partial charge on any atom is 0.458 e.